The minimum Gasteiger partial charge on any atom is -0.396 e. The molecule has 3 saturated carbocycles. The number of aliphatic hydroxyl groups is 2. The molecule has 0 aliphatic heterocycles. The van der Waals surface area contributed by atoms with Crippen molar-refractivity contribution in [1.29, 1.82) is 0 Å². The van der Waals surface area contributed by atoms with E-state index in [0.717, 1.165) is 19.3 Å². The molecule has 3 aliphatic carbocycles. The summed E-state index contributed by atoms with van der Waals surface area (Å²) in [5.41, 5.74) is 1.65. The molecule has 3 aliphatic rings. The Kier molecular flexibility index (Phi) is 3.57. The van der Waals surface area contributed by atoms with Gasteiger partial charge < -0.3 is 10.2 Å². The van der Waals surface area contributed by atoms with Crippen molar-refractivity contribution in [3.63, 3.8) is 0 Å². The maximum absolute atomic E-state index is 10.5. The maximum atomic E-state index is 10.5. The third kappa shape index (κ3) is 1.91. The predicted molar refractivity (Wildman–Crippen MR) is 85.9 cm³/mol. The molecule has 2 nitrogen and oxygen atoms in total. The highest BCUT2D eigenvalue weighted by Crippen LogP contribution is 2.68. The van der Waals surface area contributed by atoms with E-state index in [4.69, 9.17) is 0 Å². The number of hydrogen-bond donors (Lipinski definition) is 2. The lowest BCUT2D eigenvalue weighted by Crippen LogP contribution is -2.61. The second-order valence-electron chi connectivity index (χ2n) is 8.78. The van der Waals surface area contributed by atoms with Crippen molar-refractivity contribution in [3.8, 4) is 0 Å². The van der Waals surface area contributed by atoms with Crippen LogP contribution in [-0.4, -0.2) is 22.9 Å². The number of hydrogen-bond acceptors (Lipinski definition) is 2. The highest BCUT2D eigenvalue weighted by Gasteiger charge is 2.62. The molecule has 0 aromatic rings. The Bertz CT molecular complexity index is 445. The predicted octanol–water partition coefficient (Wildman–Crippen LogP) is 3.92. The minimum atomic E-state index is -0.350. The third-order valence-electron chi connectivity index (χ3n) is 7.95. The lowest BCUT2D eigenvalue weighted by Gasteiger charge is -2.65. The normalized spacial score (nSPS) is 54.0. The fourth-order valence-corrected chi connectivity index (χ4v) is 6.45. The first kappa shape index (κ1) is 15.6. The third-order valence-corrected chi connectivity index (χ3v) is 7.95. The van der Waals surface area contributed by atoms with Crippen LogP contribution in [-0.2, 0) is 0 Å². The molecule has 0 radical (unpaired) electrons. The van der Waals surface area contributed by atoms with E-state index in [0.29, 0.717) is 11.8 Å². The van der Waals surface area contributed by atoms with Crippen LogP contribution >= 0.6 is 0 Å². The van der Waals surface area contributed by atoms with Gasteiger partial charge in [0.1, 0.15) is 0 Å². The zero-order chi connectivity index (χ0) is 15.5. The van der Waals surface area contributed by atoms with Crippen molar-refractivity contribution < 1.29 is 10.2 Å². The summed E-state index contributed by atoms with van der Waals surface area (Å²) in [5, 5.41) is 20.5. The Morgan fingerprint density at radius 3 is 2.48 bits per heavy atom. The van der Waals surface area contributed by atoms with E-state index in [9.17, 15) is 10.2 Å². The van der Waals surface area contributed by atoms with Gasteiger partial charge in [-0.25, -0.2) is 0 Å². The van der Waals surface area contributed by atoms with E-state index >= 15 is 0 Å². The van der Waals surface area contributed by atoms with E-state index < -0.39 is 0 Å². The van der Waals surface area contributed by atoms with Crippen LogP contribution in [0.4, 0.5) is 0 Å². The molecule has 2 N–H and O–H groups in total. The Morgan fingerprint density at radius 1 is 1.10 bits per heavy atom. The first-order valence-corrected chi connectivity index (χ1v) is 8.76. The van der Waals surface area contributed by atoms with Gasteiger partial charge in [-0.3, -0.25) is 0 Å². The van der Waals surface area contributed by atoms with Crippen LogP contribution in [0.15, 0.2) is 12.2 Å². The summed E-state index contributed by atoms with van der Waals surface area (Å²) in [4.78, 5) is 0. The molecule has 0 unspecified atom stereocenters. The zero-order valence-corrected chi connectivity index (χ0v) is 14.0. The highest BCUT2D eigenvalue weighted by molar-refractivity contribution is 5.21. The number of fused-ring (bicyclic) bond motifs is 3. The molecule has 3 fully saturated rings. The lowest BCUT2D eigenvalue weighted by atomic mass is 9.40. The summed E-state index contributed by atoms with van der Waals surface area (Å²) in [7, 11) is 0. The Balaban J connectivity index is 2.02. The molecule has 0 heterocycles. The van der Waals surface area contributed by atoms with Gasteiger partial charge in [0.15, 0.2) is 0 Å². The van der Waals surface area contributed by atoms with Gasteiger partial charge in [0, 0.05) is 5.41 Å². The SMILES string of the molecule is C=C1CCC[C@@H]2[C@@]3(C)CC[C@H](O)[C@](C)(CO)[C@@H]3CC[C@@]12C. The average molecular weight is 292 g/mol. The van der Waals surface area contributed by atoms with Gasteiger partial charge in [0.05, 0.1) is 12.7 Å². The van der Waals surface area contributed by atoms with E-state index in [2.05, 4.69) is 27.4 Å². The largest absolute Gasteiger partial charge is 0.396 e. The molecule has 120 valence electrons. The van der Waals surface area contributed by atoms with Gasteiger partial charge in [0.2, 0.25) is 0 Å². The fraction of sp³-hybridized carbons (Fsp3) is 0.895. The standard InChI is InChI=1S/C19H32O2/c1-13-6-5-7-14-17(13,2)10-8-15-18(14,3)11-9-16(21)19(15,4)12-20/h14-16,20-21H,1,5-12H2,2-4H3/t14-,15+,16-,17-,18+,19+/m0/s1. The quantitative estimate of drug-likeness (QED) is 0.719. The molecule has 21 heavy (non-hydrogen) atoms. The van der Waals surface area contributed by atoms with Crippen LogP contribution in [0.3, 0.4) is 0 Å². The Labute approximate surface area is 129 Å². The van der Waals surface area contributed by atoms with Gasteiger partial charge in [-0.2, -0.15) is 0 Å². The van der Waals surface area contributed by atoms with Gasteiger partial charge in [-0.15, -0.1) is 0 Å². The van der Waals surface area contributed by atoms with Crippen molar-refractivity contribution in [2.75, 3.05) is 6.61 Å². The van der Waals surface area contributed by atoms with E-state index in [1.807, 2.05) is 0 Å². The zero-order valence-electron chi connectivity index (χ0n) is 14.0. The van der Waals surface area contributed by atoms with Gasteiger partial charge in [0.25, 0.3) is 0 Å². The van der Waals surface area contributed by atoms with Gasteiger partial charge >= 0.3 is 0 Å². The lowest BCUT2D eigenvalue weighted by molar-refractivity contribution is -0.187. The van der Waals surface area contributed by atoms with E-state index in [1.165, 1.54) is 31.3 Å². The summed E-state index contributed by atoms with van der Waals surface area (Å²) >= 11 is 0. The molecule has 0 aromatic heterocycles. The second-order valence-corrected chi connectivity index (χ2v) is 8.78. The monoisotopic (exact) mass is 292 g/mol. The molecule has 3 rings (SSSR count). The van der Waals surface area contributed by atoms with Crippen molar-refractivity contribution in [2.24, 2.45) is 28.1 Å². The van der Waals surface area contributed by atoms with E-state index in [-0.39, 0.29) is 29.0 Å². The molecule has 6 atom stereocenters. The summed E-state index contributed by atoms with van der Waals surface area (Å²) in [6.45, 7) is 11.5. The maximum Gasteiger partial charge on any atom is 0.0618 e. The van der Waals surface area contributed by atoms with Gasteiger partial charge in [-0.1, -0.05) is 32.9 Å². The minimum absolute atomic E-state index is 0.110. The van der Waals surface area contributed by atoms with Crippen LogP contribution in [0, 0.1) is 28.1 Å². The molecule has 0 saturated heterocycles. The van der Waals surface area contributed by atoms with Crippen LogP contribution in [0.25, 0.3) is 0 Å². The molecule has 2 heteroatoms. The molecule has 0 aromatic carbocycles. The summed E-state index contributed by atoms with van der Waals surface area (Å²) < 4.78 is 0. The van der Waals surface area contributed by atoms with Crippen LogP contribution in [0.1, 0.15) is 65.7 Å². The van der Waals surface area contributed by atoms with E-state index in [1.54, 1.807) is 0 Å². The molecule has 0 spiro atoms. The van der Waals surface area contributed by atoms with Crippen LogP contribution in [0.5, 0.6) is 0 Å². The van der Waals surface area contributed by atoms with Crippen molar-refractivity contribution in [1.82, 2.24) is 0 Å². The van der Waals surface area contributed by atoms with Crippen LogP contribution in [0.2, 0.25) is 0 Å². The first-order chi connectivity index (χ1) is 9.79. The highest BCUT2D eigenvalue weighted by atomic mass is 16.3. The van der Waals surface area contributed by atoms with Crippen molar-refractivity contribution in [2.45, 2.75) is 71.8 Å². The first-order valence-electron chi connectivity index (χ1n) is 8.76. The Morgan fingerprint density at radius 2 is 1.81 bits per heavy atom. The number of allylic oxidation sites excluding steroid dienone is 1. The van der Waals surface area contributed by atoms with Crippen molar-refractivity contribution >= 4 is 0 Å². The average Bonchev–Trinajstić information content (AvgIpc) is 2.45. The second kappa shape index (κ2) is 4.83. The molecule has 0 bridgehead atoms. The summed E-state index contributed by atoms with van der Waals surface area (Å²) in [5.74, 6) is 1.10. The summed E-state index contributed by atoms with van der Waals surface area (Å²) in [6.07, 6.45) is 7.63. The Hall–Kier alpha value is -0.340. The van der Waals surface area contributed by atoms with Gasteiger partial charge in [-0.05, 0) is 67.6 Å². The smallest absolute Gasteiger partial charge is 0.0618 e. The molecule has 0 amide bonds. The number of rotatable bonds is 1. The topological polar surface area (TPSA) is 40.5 Å². The summed E-state index contributed by atoms with van der Waals surface area (Å²) in [6, 6.07) is 0. The fourth-order valence-electron chi connectivity index (χ4n) is 6.45. The molecular formula is C19H32O2. The van der Waals surface area contributed by atoms with Crippen LogP contribution < -0.4 is 0 Å². The molecular weight excluding hydrogens is 260 g/mol. The van der Waals surface area contributed by atoms with Crippen molar-refractivity contribution in [3.05, 3.63) is 12.2 Å². The number of aliphatic hydroxyl groups excluding tert-OH is 2.